The third kappa shape index (κ3) is 3.69. The average Bonchev–Trinajstić information content (AvgIpc) is 2.60. The van der Waals surface area contributed by atoms with E-state index in [4.69, 9.17) is 0 Å². The summed E-state index contributed by atoms with van der Waals surface area (Å²) in [6.45, 7) is 4.36. The number of nitrogens with zero attached hydrogens (tertiary/aromatic N) is 1. The first-order valence-corrected chi connectivity index (χ1v) is 9.92. The highest BCUT2D eigenvalue weighted by Gasteiger charge is 2.22. The molecule has 2 aromatic carbocycles. The van der Waals surface area contributed by atoms with E-state index in [2.05, 4.69) is 4.72 Å². The Bertz CT molecular complexity index is 907. The summed E-state index contributed by atoms with van der Waals surface area (Å²) in [6.07, 6.45) is 2.25. The summed E-state index contributed by atoms with van der Waals surface area (Å²) >= 11 is 0. The molecule has 1 amide bonds. The number of hydrogen-bond donors (Lipinski definition) is 1. The predicted molar refractivity (Wildman–Crippen MR) is 99.4 cm³/mol. The van der Waals surface area contributed by atoms with Crippen molar-refractivity contribution >= 4 is 27.3 Å². The summed E-state index contributed by atoms with van der Waals surface area (Å²) < 4.78 is 27.8. The van der Waals surface area contributed by atoms with Gasteiger partial charge in [-0.05, 0) is 55.2 Å². The quantitative estimate of drug-likeness (QED) is 0.910. The Hall–Kier alpha value is -2.34. The van der Waals surface area contributed by atoms with E-state index >= 15 is 0 Å². The second-order valence-corrected chi connectivity index (χ2v) is 7.95. The van der Waals surface area contributed by atoms with Crippen molar-refractivity contribution in [3.05, 3.63) is 53.6 Å². The number of rotatable bonds is 4. The molecule has 1 aliphatic rings. The topological polar surface area (TPSA) is 66.5 Å². The van der Waals surface area contributed by atoms with Crippen LogP contribution in [-0.2, 0) is 21.2 Å². The lowest BCUT2D eigenvalue weighted by atomic mass is 10.0. The van der Waals surface area contributed by atoms with Gasteiger partial charge >= 0.3 is 0 Å². The summed E-state index contributed by atoms with van der Waals surface area (Å²) in [5.41, 5.74) is 3.23. The first-order valence-electron chi connectivity index (χ1n) is 8.43. The summed E-state index contributed by atoms with van der Waals surface area (Å²) in [5.74, 6) is 0.0552. The molecule has 0 fully saturated rings. The molecule has 0 spiro atoms. The number of carbonyl (C=O) groups is 1. The van der Waals surface area contributed by atoms with Crippen LogP contribution in [0.4, 0.5) is 11.4 Å². The van der Waals surface area contributed by atoms with Gasteiger partial charge in [-0.2, -0.15) is 0 Å². The number of aryl methyl sites for hydroxylation is 2. The van der Waals surface area contributed by atoms with Crippen molar-refractivity contribution in [1.82, 2.24) is 0 Å². The highest BCUT2D eigenvalue weighted by atomic mass is 32.2. The molecule has 0 aliphatic carbocycles. The second-order valence-electron chi connectivity index (χ2n) is 6.27. The van der Waals surface area contributed by atoms with Crippen molar-refractivity contribution in [2.45, 2.75) is 38.0 Å². The molecule has 1 N–H and O–H groups in total. The fraction of sp³-hybridized carbons (Fsp3) is 0.316. The second kappa shape index (κ2) is 6.88. The molecule has 6 heteroatoms. The van der Waals surface area contributed by atoms with Gasteiger partial charge in [0.2, 0.25) is 5.91 Å². The van der Waals surface area contributed by atoms with Crippen LogP contribution in [-0.4, -0.2) is 20.9 Å². The zero-order valence-corrected chi connectivity index (χ0v) is 15.3. The lowest BCUT2D eigenvalue weighted by Crippen LogP contribution is -2.35. The van der Waals surface area contributed by atoms with Crippen molar-refractivity contribution in [2.75, 3.05) is 16.2 Å². The molecule has 1 aliphatic heterocycles. The van der Waals surface area contributed by atoms with Gasteiger partial charge in [-0.3, -0.25) is 9.52 Å². The Labute approximate surface area is 148 Å². The third-order valence-electron chi connectivity index (χ3n) is 4.36. The number of benzene rings is 2. The Morgan fingerprint density at radius 1 is 1.20 bits per heavy atom. The van der Waals surface area contributed by atoms with Crippen molar-refractivity contribution in [2.24, 2.45) is 0 Å². The zero-order valence-electron chi connectivity index (χ0n) is 14.5. The van der Waals surface area contributed by atoms with Crippen LogP contribution in [0.2, 0.25) is 0 Å². The Morgan fingerprint density at radius 2 is 2.00 bits per heavy atom. The van der Waals surface area contributed by atoms with Crippen LogP contribution < -0.4 is 9.62 Å². The smallest absolute Gasteiger partial charge is 0.261 e. The normalized spacial score (nSPS) is 14.1. The van der Waals surface area contributed by atoms with E-state index in [1.54, 1.807) is 35.2 Å². The SMILES string of the molecule is CCC(=O)N1CCCc2ccc(NS(=O)(=O)c3cccc(C)c3)cc21. The molecule has 0 bridgehead atoms. The van der Waals surface area contributed by atoms with Crippen LogP contribution in [0.5, 0.6) is 0 Å². The summed E-state index contributed by atoms with van der Waals surface area (Å²) in [4.78, 5) is 14.2. The minimum Gasteiger partial charge on any atom is -0.312 e. The minimum absolute atomic E-state index is 0.0552. The van der Waals surface area contributed by atoms with Crippen molar-refractivity contribution < 1.29 is 13.2 Å². The Kier molecular flexibility index (Phi) is 4.81. The van der Waals surface area contributed by atoms with E-state index in [9.17, 15) is 13.2 Å². The first-order chi connectivity index (χ1) is 11.9. The summed E-state index contributed by atoms with van der Waals surface area (Å²) in [6, 6.07) is 12.2. The van der Waals surface area contributed by atoms with Gasteiger partial charge in [0.1, 0.15) is 0 Å². The van der Waals surface area contributed by atoms with Crippen molar-refractivity contribution in [1.29, 1.82) is 0 Å². The fourth-order valence-electron chi connectivity index (χ4n) is 3.08. The molecule has 1 heterocycles. The van der Waals surface area contributed by atoms with Gasteiger partial charge in [-0.25, -0.2) is 8.42 Å². The van der Waals surface area contributed by atoms with Crippen LogP contribution in [0.1, 0.15) is 30.9 Å². The fourth-order valence-corrected chi connectivity index (χ4v) is 4.24. The molecule has 5 nitrogen and oxygen atoms in total. The zero-order chi connectivity index (χ0) is 18.0. The molecule has 0 saturated carbocycles. The van der Waals surface area contributed by atoms with Crippen LogP contribution in [0.15, 0.2) is 47.4 Å². The van der Waals surface area contributed by atoms with Gasteiger partial charge in [-0.15, -0.1) is 0 Å². The number of nitrogens with one attached hydrogen (secondary N) is 1. The summed E-state index contributed by atoms with van der Waals surface area (Å²) in [7, 11) is -3.66. The highest BCUT2D eigenvalue weighted by molar-refractivity contribution is 7.92. The standard InChI is InChI=1S/C19H22N2O3S/c1-3-19(22)21-11-5-7-15-9-10-16(13-18(15)21)20-25(23,24)17-8-4-6-14(2)12-17/h4,6,8-10,12-13,20H,3,5,7,11H2,1-2H3. The van der Waals surface area contributed by atoms with Gasteiger partial charge in [0, 0.05) is 18.7 Å². The number of hydrogen-bond acceptors (Lipinski definition) is 3. The largest absolute Gasteiger partial charge is 0.312 e. The maximum atomic E-state index is 12.6. The maximum Gasteiger partial charge on any atom is 0.261 e. The third-order valence-corrected chi connectivity index (χ3v) is 5.74. The Morgan fingerprint density at radius 3 is 2.72 bits per heavy atom. The molecule has 0 aromatic heterocycles. The van der Waals surface area contributed by atoms with E-state index < -0.39 is 10.0 Å². The molecule has 132 valence electrons. The number of fused-ring (bicyclic) bond motifs is 1. The van der Waals surface area contributed by atoms with Crippen LogP contribution in [0.3, 0.4) is 0 Å². The van der Waals surface area contributed by atoms with E-state index in [1.165, 1.54) is 0 Å². The van der Waals surface area contributed by atoms with E-state index in [-0.39, 0.29) is 10.8 Å². The van der Waals surface area contributed by atoms with Gasteiger partial charge in [-0.1, -0.05) is 25.1 Å². The molecule has 0 unspecified atom stereocenters. The van der Waals surface area contributed by atoms with Gasteiger partial charge in [0.25, 0.3) is 10.0 Å². The van der Waals surface area contributed by atoms with Crippen LogP contribution in [0, 0.1) is 6.92 Å². The molecule has 0 atom stereocenters. The van der Waals surface area contributed by atoms with Crippen LogP contribution >= 0.6 is 0 Å². The van der Waals surface area contributed by atoms with E-state index in [0.29, 0.717) is 18.7 Å². The first kappa shape index (κ1) is 17.5. The van der Waals surface area contributed by atoms with Gasteiger partial charge < -0.3 is 4.90 Å². The monoisotopic (exact) mass is 358 g/mol. The van der Waals surface area contributed by atoms with Gasteiger partial charge in [0.15, 0.2) is 0 Å². The van der Waals surface area contributed by atoms with E-state index in [1.807, 2.05) is 26.0 Å². The number of amides is 1. The molecule has 25 heavy (non-hydrogen) atoms. The lowest BCUT2D eigenvalue weighted by Gasteiger charge is -2.29. The van der Waals surface area contributed by atoms with Crippen LogP contribution in [0.25, 0.3) is 0 Å². The highest BCUT2D eigenvalue weighted by Crippen LogP contribution is 2.31. The predicted octanol–water partition coefficient (Wildman–Crippen LogP) is 3.49. The molecule has 2 aromatic rings. The lowest BCUT2D eigenvalue weighted by molar-refractivity contribution is -0.118. The average molecular weight is 358 g/mol. The minimum atomic E-state index is -3.66. The Balaban J connectivity index is 1.93. The molecule has 0 saturated heterocycles. The number of anilines is 2. The molecular formula is C19H22N2O3S. The maximum absolute atomic E-state index is 12.6. The van der Waals surface area contributed by atoms with Crippen molar-refractivity contribution in [3.63, 3.8) is 0 Å². The van der Waals surface area contributed by atoms with E-state index in [0.717, 1.165) is 29.7 Å². The summed E-state index contributed by atoms with van der Waals surface area (Å²) in [5, 5.41) is 0. The molecular weight excluding hydrogens is 336 g/mol. The molecule has 3 rings (SSSR count). The number of carbonyl (C=O) groups excluding carboxylic acids is 1. The van der Waals surface area contributed by atoms with Crippen molar-refractivity contribution in [3.8, 4) is 0 Å². The molecule has 0 radical (unpaired) electrons. The van der Waals surface area contributed by atoms with Gasteiger partial charge in [0.05, 0.1) is 10.6 Å². The number of sulfonamides is 1.